The molecular weight excluding hydrogens is 420 g/mol. The zero-order valence-corrected chi connectivity index (χ0v) is 18.1. The van der Waals surface area contributed by atoms with Crippen molar-refractivity contribution in [2.45, 2.75) is 39.2 Å². The Balaban J connectivity index is 2.05. The van der Waals surface area contributed by atoms with Gasteiger partial charge < -0.3 is 9.64 Å². The predicted octanol–water partition coefficient (Wildman–Crippen LogP) is 4.99. The number of hydrogen-bond acceptors (Lipinski definition) is 5. The van der Waals surface area contributed by atoms with Crippen molar-refractivity contribution >= 4 is 29.2 Å². The Morgan fingerprint density at radius 1 is 1.19 bits per heavy atom. The van der Waals surface area contributed by atoms with Crippen LogP contribution in [0.2, 0.25) is 5.02 Å². The Bertz CT molecular complexity index is 1030. The molecule has 0 fully saturated rings. The van der Waals surface area contributed by atoms with Gasteiger partial charge in [-0.3, -0.25) is 14.9 Å². The Kier molecular flexibility index (Phi) is 7.07. The molecular formula is C23H23ClN2O5. The maximum Gasteiger partial charge on any atom is 0.336 e. The molecule has 0 bridgehead atoms. The third kappa shape index (κ3) is 4.77. The SMILES string of the molecule is CCOC(=O)C1=C(CC)N(Cc2ccc([N+](=O)[O-])cc2)C(=O)C[C@H]1c1ccccc1Cl. The van der Waals surface area contributed by atoms with E-state index in [-0.39, 0.29) is 31.2 Å². The molecule has 2 aromatic carbocycles. The molecule has 162 valence electrons. The minimum absolute atomic E-state index is 0.0222. The molecule has 0 aliphatic carbocycles. The molecule has 1 heterocycles. The Morgan fingerprint density at radius 3 is 2.45 bits per heavy atom. The van der Waals surface area contributed by atoms with Crippen LogP contribution < -0.4 is 0 Å². The summed E-state index contributed by atoms with van der Waals surface area (Å²) in [5.41, 5.74) is 2.42. The van der Waals surface area contributed by atoms with Crippen LogP contribution in [0.5, 0.6) is 0 Å². The van der Waals surface area contributed by atoms with Gasteiger partial charge in [-0.2, -0.15) is 0 Å². The minimum atomic E-state index is -0.497. The van der Waals surface area contributed by atoms with Crippen LogP contribution in [0.3, 0.4) is 0 Å². The van der Waals surface area contributed by atoms with E-state index in [4.69, 9.17) is 16.3 Å². The van der Waals surface area contributed by atoms with E-state index in [0.717, 1.165) is 5.56 Å². The van der Waals surface area contributed by atoms with Crippen molar-refractivity contribution in [3.05, 3.63) is 86.1 Å². The van der Waals surface area contributed by atoms with Gasteiger partial charge in [0.05, 0.1) is 23.6 Å². The molecule has 1 aliphatic heterocycles. The summed E-state index contributed by atoms with van der Waals surface area (Å²) < 4.78 is 5.33. The van der Waals surface area contributed by atoms with Gasteiger partial charge in [0.1, 0.15) is 0 Å². The number of allylic oxidation sites excluding steroid dienone is 1. The van der Waals surface area contributed by atoms with Crippen LogP contribution >= 0.6 is 11.6 Å². The summed E-state index contributed by atoms with van der Waals surface area (Å²) in [6, 6.07) is 13.2. The monoisotopic (exact) mass is 442 g/mol. The number of hydrogen-bond donors (Lipinski definition) is 0. The lowest BCUT2D eigenvalue weighted by atomic mass is 9.82. The number of carbonyl (C=O) groups excluding carboxylic acids is 2. The highest BCUT2D eigenvalue weighted by Crippen LogP contribution is 2.41. The number of nitrogens with zero attached hydrogens (tertiary/aromatic N) is 2. The fourth-order valence-corrected chi connectivity index (χ4v) is 4.11. The van der Waals surface area contributed by atoms with Crippen molar-refractivity contribution in [1.29, 1.82) is 0 Å². The molecule has 0 N–H and O–H groups in total. The molecule has 0 saturated carbocycles. The van der Waals surface area contributed by atoms with Crippen molar-refractivity contribution in [3.8, 4) is 0 Å². The number of esters is 1. The van der Waals surface area contributed by atoms with Gasteiger partial charge >= 0.3 is 5.97 Å². The van der Waals surface area contributed by atoms with E-state index >= 15 is 0 Å². The Morgan fingerprint density at radius 2 is 1.87 bits per heavy atom. The third-order valence-electron chi connectivity index (χ3n) is 5.26. The van der Waals surface area contributed by atoms with Gasteiger partial charge in [-0.05, 0) is 30.5 Å². The number of non-ortho nitro benzene ring substituents is 1. The molecule has 0 unspecified atom stereocenters. The molecule has 2 aromatic rings. The third-order valence-corrected chi connectivity index (χ3v) is 5.61. The highest BCUT2D eigenvalue weighted by atomic mass is 35.5. The van der Waals surface area contributed by atoms with E-state index in [9.17, 15) is 19.7 Å². The molecule has 0 saturated heterocycles. The second-order valence-corrected chi connectivity index (χ2v) is 7.52. The van der Waals surface area contributed by atoms with Gasteiger partial charge in [0, 0.05) is 35.2 Å². The first-order valence-corrected chi connectivity index (χ1v) is 10.4. The van der Waals surface area contributed by atoms with Crippen LogP contribution in [0.15, 0.2) is 59.8 Å². The number of halogens is 1. The van der Waals surface area contributed by atoms with Crippen LogP contribution in [-0.4, -0.2) is 28.3 Å². The van der Waals surface area contributed by atoms with Crippen LogP contribution in [0.1, 0.15) is 43.7 Å². The zero-order chi connectivity index (χ0) is 22.5. The standard InChI is InChI=1S/C23H23ClN2O5/c1-3-20-22(23(28)31-4-2)18(17-7-5-6-8-19(17)24)13-21(27)25(20)14-15-9-11-16(12-10-15)26(29)30/h5-12,18H,3-4,13-14H2,1-2H3/t18-/m0/s1. The first-order valence-electron chi connectivity index (χ1n) is 10.1. The number of benzene rings is 2. The summed E-state index contributed by atoms with van der Waals surface area (Å²) in [4.78, 5) is 38.1. The molecule has 0 aromatic heterocycles. The highest BCUT2D eigenvalue weighted by Gasteiger charge is 2.38. The molecule has 7 nitrogen and oxygen atoms in total. The number of ether oxygens (including phenoxy) is 1. The molecule has 0 radical (unpaired) electrons. The molecule has 31 heavy (non-hydrogen) atoms. The first kappa shape index (κ1) is 22.5. The van der Waals surface area contributed by atoms with Crippen LogP contribution in [0.4, 0.5) is 5.69 Å². The summed E-state index contributed by atoms with van der Waals surface area (Å²) >= 11 is 6.40. The van der Waals surface area contributed by atoms with Crippen molar-refractivity contribution in [1.82, 2.24) is 4.90 Å². The number of amides is 1. The number of nitro benzene ring substituents is 1. The summed E-state index contributed by atoms with van der Waals surface area (Å²) in [6.07, 6.45) is 0.516. The smallest absolute Gasteiger partial charge is 0.336 e. The summed E-state index contributed by atoms with van der Waals surface area (Å²) in [7, 11) is 0. The molecule has 3 rings (SSSR count). The predicted molar refractivity (Wildman–Crippen MR) is 116 cm³/mol. The van der Waals surface area contributed by atoms with Crippen molar-refractivity contribution in [2.75, 3.05) is 6.61 Å². The first-order chi connectivity index (χ1) is 14.9. The van der Waals surface area contributed by atoms with Gasteiger partial charge in [0.2, 0.25) is 5.91 Å². The maximum absolute atomic E-state index is 13.2. The highest BCUT2D eigenvalue weighted by molar-refractivity contribution is 6.31. The van der Waals surface area contributed by atoms with E-state index in [2.05, 4.69) is 0 Å². The second-order valence-electron chi connectivity index (χ2n) is 7.12. The molecule has 1 aliphatic rings. The van der Waals surface area contributed by atoms with Gasteiger partial charge in [-0.15, -0.1) is 0 Å². The minimum Gasteiger partial charge on any atom is -0.463 e. The zero-order valence-electron chi connectivity index (χ0n) is 17.3. The lowest BCUT2D eigenvalue weighted by Gasteiger charge is -2.36. The number of nitro groups is 1. The van der Waals surface area contributed by atoms with Crippen LogP contribution in [0, 0.1) is 10.1 Å². The van der Waals surface area contributed by atoms with Crippen LogP contribution in [-0.2, 0) is 20.9 Å². The van der Waals surface area contributed by atoms with E-state index in [0.29, 0.717) is 28.3 Å². The average molecular weight is 443 g/mol. The van der Waals surface area contributed by atoms with E-state index in [1.54, 1.807) is 36.1 Å². The van der Waals surface area contributed by atoms with Gasteiger partial charge in [-0.25, -0.2) is 4.79 Å². The second kappa shape index (κ2) is 9.75. The summed E-state index contributed by atoms with van der Waals surface area (Å²) in [5, 5.41) is 11.4. The van der Waals surface area contributed by atoms with Crippen molar-refractivity contribution < 1.29 is 19.2 Å². The summed E-state index contributed by atoms with van der Waals surface area (Å²) in [6.45, 7) is 4.03. The molecule has 1 amide bonds. The van der Waals surface area contributed by atoms with Gasteiger partial charge in [0.25, 0.3) is 5.69 Å². The fraction of sp³-hybridized carbons (Fsp3) is 0.304. The molecule has 0 spiro atoms. The van der Waals surface area contributed by atoms with E-state index < -0.39 is 16.8 Å². The van der Waals surface area contributed by atoms with Crippen LogP contribution in [0.25, 0.3) is 0 Å². The Hall–Kier alpha value is -3.19. The van der Waals surface area contributed by atoms with E-state index in [1.165, 1.54) is 12.1 Å². The molecule has 8 heteroatoms. The largest absolute Gasteiger partial charge is 0.463 e. The quantitative estimate of drug-likeness (QED) is 0.342. The number of rotatable bonds is 7. The van der Waals surface area contributed by atoms with Gasteiger partial charge in [-0.1, -0.05) is 48.9 Å². The summed E-state index contributed by atoms with van der Waals surface area (Å²) in [5.74, 6) is -1.11. The lowest BCUT2D eigenvalue weighted by molar-refractivity contribution is -0.384. The Labute approximate surface area is 185 Å². The van der Waals surface area contributed by atoms with Gasteiger partial charge in [0.15, 0.2) is 0 Å². The van der Waals surface area contributed by atoms with Crippen molar-refractivity contribution in [2.24, 2.45) is 0 Å². The maximum atomic E-state index is 13.2. The average Bonchev–Trinajstić information content (AvgIpc) is 2.75. The fourth-order valence-electron chi connectivity index (χ4n) is 3.85. The normalized spacial score (nSPS) is 16.4. The number of carbonyl (C=O) groups is 2. The lowest BCUT2D eigenvalue weighted by Crippen LogP contribution is -2.39. The van der Waals surface area contributed by atoms with Crippen molar-refractivity contribution in [3.63, 3.8) is 0 Å². The topological polar surface area (TPSA) is 89.8 Å². The molecule has 1 atom stereocenters. The van der Waals surface area contributed by atoms with E-state index in [1.807, 2.05) is 19.1 Å².